The van der Waals surface area contributed by atoms with Crippen molar-refractivity contribution in [1.82, 2.24) is 4.90 Å². The number of nitrogen functional groups attached to an aromatic ring is 1. The third-order valence-corrected chi connectivity index (χ3v) is 7.52. The average molecular weight is 488 g/mol. The smallest absolute Gasteiger partial charge is 0.258 e. The number of nitrogens with zero attached hydrogens (tertiary/aromatic N) is 2. The van der Waals surface area contributed by atoms with Gasteiger partial charge in [-0.25, -0.2) is 0 Å². The molecule has 2 aliphatic heterocycles. The van der Waals surface area contributed by atoms with Crippen LogP contribution in [0.15, 0.2) is 66.7 Å². The molecule has 0 aliphatic carbocycles. The Balaban J connectivity index is 1.24. The number of hydrogen-bond donors (Lipinski definition) is 1. The SMILES string of the molecule is COc1cc(N)ccc1Oc1ccc(N(C)C(=O)c2ccc(OC34CCCC(CC3)N4C)cc2)cc1. The highest BCUT2D eigenvalue weighted by Gasteiger charge is 2.48. The quantitative estimate of drug-likeness (QED) is 0.431. The molecular formula is C29H33N3O4. The fourth-order valence-electron chi connectivity index (χ4n) is 5.35. The largest absolute Gasteiger partial charge is 0.493 e. The number of amides is 1. The van der Waals surface area contributed by atoms with Crippen LogP contribution in [0.25, 0.3) is 0 Å². The van der Waals surface area contributed by atoms with Crippen LogP contribution in [-0.2, 0) is 0 Å². The summed E-state index contributed by atoms with van der Waals surface area (Å²) in [7, 11) is 5.51. The summed E-state index contributed by atoms with van der Waals surface area (Å²) in [4.78, 5) is 17.2. The first-order valence-electron chi connectivity index (χ1n) is 12.4. The van der Waals surface area contributed by atoms with E-state index in [4.69, 9.17) is 19.9 Å². The van der Waals surface area contributed by atoms with E-state index in [1.165, 1.54) is 19.3 Å². The zero-order valence-corrected chi connectivity index (χ0v) is 21.1. The normalized spacial score (nSPS) is 21.1. The maximum Gasteiger partial charge on any atom is 0.258 e. The van der Waals surface area contributed by atoms with Crippen molar-refractivity contribution in [3.8, 4) is 23.0 Å². The molecule has 1 amide bonds. The van der Waals surface area contributed by atoms with Crippen LogP contribution in [0.1, 0.15) is 42.5 Å². The molecule has 0 aromatic heterocycles. The van der Waals surface area contributed by atoms with E-state index in [1.807, 2.05) is 48.5 Å². The van der Waals surface area contributed by atoms with Gasteiger partial charge in [-0.15, -0.1) is 0 Å². The van der Waals surface area contributed by atoms with Crippen molar-refractivity contribution in [2.45, 2.75) is 43.9 Å². The molecule has 7 nitrogen and oxygen atoms in total. The van der Waals surface area contributed by atoms with Gasteiger partial charge in [-0.2, -0.15) is 0 Å². The maximum absolute atomic E-state index is 13.1. The van der Waals surface area contributed by atoms with Gasteiger partial charge in [-0.1, -0.05) is 0 Å². The minimum Gasteiger partial charge on any atom is -0.493 e. The van der Waals surface area contributed by atoms with Crippen LogP contribution >= 0.6 is 0 Å². The third kappa shape index (κ3) is 4.58. The monoisotopic (exact) mass is 487 g/mol. The second-order valence-electron chi connectivity index (χ2n) is 9.64. The topological polar surface area (TPSA) is 77.3 Å². The van der Waals surface area contributed by atoms with E-state index in [-0.39, 0.29) is 11.6 Å². The molecule has 2 saturated heterocycles. The van der Waals surface area contributed by atoms with Gasteiger partial charge in [-0.05, 0) is 87.0 Å². The van der Waals surface area contributed by atoms with Gasteiger partial charge in [0.1, 0.15) is 11.5 Å². The number of ether oxygens (including phenoxy) is 3. The van der Waals surface area contributed by atoms with Crippen molar-refractivity contribution < 1.29 is 19.0 Å². The number of fused-ring (bicyclic) bond motifs is 2. The van der Waals surface area contributed by atoms with Crippen molar-refractivity contribution in [2.24, 2.45) is 0 Å². The van der Waals surface area contributed by atoms with Gasteiger partial charge in [0.25, 0.3) is 5.91 Å². The Morgan fingerprint density at radius 2 is 1.69 bits per heavy atom. The van der Waals surface area contributed by atoms with Crippen LogP contribution in [-0.4, -0.2) is 43.8 Å². The Morgan fingerprint density at radius 3 is 2.42 bits per heavy atom. The number of methoxy groups -OCH3 is 1. The number of carbonyl (C=O) groups is 1. The van der Waals surface area contributed by atoms with E-state index in [9.17, 15) is 4.79 Å². The second kappa shape index (κ2) is 9.74. The Kier molecular flexibility index (Phi) is 6.49. The van der Waals surface area contributed by atoms with E-state index >= 15 is 0 Å². The number of carbonyl (C=O) groups excluding carboxylic acids is 1. The van der Waals surface area contributed by atoms with Gasteiger partial charge < -0.3 is 24.8 Å². The average Bonchev–Trinajstić information content (AvgIpc) is 3.05. The van der Waals surface area contributed by atoms with Gasteiger partial charge >= 0.3 is 0 Å². The standard InChI is InChI=1S/C29H33N3O4/c1-31(22-9-13-24(14-10-22)35-26-15-8-21(30)19-27(26)34-3)28(33)20-6-11-25(12-7-20)36-29-17-4-5-23(16-18-29)32(29)2/h6-15,19,23H,4-5,16-18,30H2,1-3H3. The minimum atomic E-state index is -0.203. The predicted octanol–water partition coefficient (Wildman–Crippen LogP) is 5.70. The second-order valence-corrected chi connectivity index (χ2v) is 9.64. The van der Waals surface area contributed by atoms with Crippen LogP contribution in [0, 0.1) is 0 Å². The molecule has 2 heterocycles. The number of rotatable bonds is 7. The van der Waals surface area contributed by atoms with E-state index in [1.54, 1.807) is 37.3 Å². The highest BCUT2D eigenvalue weighted by Crippen LogP contribution is 2.44. The molecule has 188 valence electrons. The zero-order chi connectivity index (χ0) is 25.3. The summed E-state index contributed by atoms with van der Waals surface area (Å²) in [5, 5.41) is 0. The molecule has 7 heteroatoms. The summed E-state index contributed by atoms with van der Waals surface area (Å²) < 4.78 is 17.8. The van der Waals surface area contributed by atoms with Crippen LogP contribution in [0.3, 0.4) is 0 Å². The van der Waals surface area contributed by atoms with Gasteiger partial charge in [0.05, 0.1) is 7.11 Å². The first-order chi connectivity index (χ1) is 17.4. The lowest BCUT2D eigenvalue weighted by Gasteiger charge is -2.42. The lowest BCUT2D eigenvalue weighted by atomic mass is 10.0. The fourth-order valence-corrected chi connectivity index (χ4v) is 5.35. The first kappa shape index (κ1) is 24.0. The van der Waals surface area contributed by atoms with Gasteiger partial charge in [-0.3, -0.25) is 9.69 Å². The van der Waals surface area contributed by atoms with E-state index in [0.29, 0.717) is 34.5 Å². The number of nitrogens with two attached hydrogens (primary N) is 1. The van der Waals surface area contributed by atoms with Crippen molar-refractivity contribution in [1.29, 1.82) is 0 Å². The lowest BCUT2D eigenvalue weighted by molar-refractivity contribution is -0.0823. The van der Waals surface area contributed by atoms with Crippen molar-refractivity contribution >= 4 is 17.3 Å². The van der Waals surface area contributed by atoms with E-state index in [2.05, 4.69) is 11.9 Å². The highest BCUT2D eigenvalue weighted by atomic mass is 16.5. The van der Waals surface area contributed by atoms with Gasteiger partial charge in [0, 0.05) is 48.9 Å². The Labute approximate surface area is 212 Å². The molecule has 2 N–H and O–H groups in total. The first-order valence-corrected chi connectivity index (χ1v) is 12.4. The number of hydrogen-bond acceptors (Lipinski definition) is 6. The Morgan fingerprint density at radius 1 is 0.972 bits per heavy atom. The molecular weight excluding hydrogens is 454 g/mol. The fraction of sp³-hybridized carbons (Fsp3) is 0.345. The molecule has 2 fully saturated rings. The number of piperidine rings is 1. The summed E-state index contributed by atoms with van der Waals surface area (Å²) >= 11 is 0. The van der Waals surface area contributed by atoms with Crippen LogP contribution in [0.5, 0.6) is 23.0 Å². The van der Waals surface area contributed by atoms with Crippen molar-refractivity contribution in [3.63, 3.8) is 0 Å². The molecule has 0 spiro atoms. The summed E-state index contributed by atoms with van der Waals surface area (Å²) in [5.74, 6) is 2.47. The van der Waals surface area contributed by atoms with E-state index < -0.39 is 0 Å². The van der Waals surface area contributed by atoms with E-state index in [0.717, 1.165) is 24.3 Å². The molecule has 2 bridgehead atoms. The molecule has 0 radical (unpaired) electrons. The molecule has 5 rings (SSSR count). The molecule has 3 aromatic carbocycles. The molecule has 2 atom stereocenters. The maximum atomic E-state index is 13.1. The number of anilines is 2. The summed E-state index contributed by atoms with van der Waals surface area (Å²) in [6, 6.07) is 20.7. The highest BCUT2D eigenvalue weighted by molar-refractivity contribution is 6.05. The summed E-state index contributed by atoms with van der Waals surface area (Å²) in [5.41, 5.74) is 7.58. The zero-order valence-electron chi connectivity index (χ0n) is 21.1. The van der Waals surface area contributed by atoms with Crippen LogP contribution in [0.4, 0.5) is 11.4 Å². The van der Waals surface area contributed by atoms with Gasteiger partial charge in [0.15, 0.2) is 17.2 Å². The molecule has 0 saturated carbocycles. The lowest BCUT2D eigenvalue weighted by Crippen LogP contribution is -2.51. The molecule has 2 unspecified atom stereocenters. The van der Waals surface area contributed by atoms with Crippen LogP contribution < -0.4 is 24.8 Å². The van der Waals surface area contributed by atoms with Gasteiger partial charge in [0.2, 0.25) is 0 Å². The molecule has 2 aliphatic rings. The Bertz CT molecular complexity index is 1220. The van der Waals surface area contributed by atoms with Crippen LogP contribution in [0.2, 0.25) is 0 Å². The number of benzene rings is 3. The molecule has 3 aromatic rings. The van der Waals surface area contributed by atoms with Crippen molar-refractivity contribution in [3.05, 3.63) is 72.3 Å². The molecule has 36 heavy (non-hydrogen) atoms. The van der Waals surface area contributed by atoms with Crippen molar-refractivity contribution in [2.75, 3.05) is 31.8 Å². The third-order valence-electron chi connectivity index (χ3n) is 7.52. The minimum absolute atomic E-state index is 0.0932. The summed E-state index contributed by atoms with van der Waals surface area (Å²) in [6.45, 7) is 0. The Hall–Kier alpha value is -3.71. The predicted molar refractivity (Wildman–Crippen MR) is 141 cm³/mol. The summed E-state index contributed by atoms with van der Waals surface area (Å²) in [6.07, 6.45) is 5.75.